The number of fused-ring (bicyclic) bond motifs is 1. The van der Waals surface area contributed by atoms with Crippen LogP contribution in [0.25, 0.3) is 22.2 Å². The molecule has 0 saturated heterocycles. The molecule has 5 aromatic rings. The summed E-state index contributed by atoms with van der Waals surface area (Å²) in [5.74, 6) is 0.527. The van der Waals surface area contributed by atoms with Crippen molar-refractivity contribution < 1.29 is 0 Å². The molecule has 0 fully saturated rings. The lowest BCUT2D eigenvalue weighted by Gasteiger charge is -1.99. The Hall–Kier alpha value is -3.90. The quantitative estimate of drug-likeness (QED) is 0.192. The van der Waals surface area contributed by atoms with Gasteiger partial charge in [0.1, 0.15) is 0 Å². The van der Waals surface area contributed by atoms with Gasteiger partial charge in [0, 0.05) is 33.6 Å². The predicted octanol–water partition coefficient (Wildman–Crippen LogP) is 7.15. The fraction of sp³-hybridized carbons (Fsp3) is 0. The Labute approximate surface area is 177 Å². The third-order valence-electron chi connectivity index (χ3n) is 4.61. The van der Waals surface area contributed by atoms with Crippen LogP contribution in [0.2, 0.25) is 0 Å². The number of thiazole rings is 1. The van der Waals surface area contributed by atoms with E-state index >= 15 is 0 Å². The first-order chi connectivity index (χ1) is 14.9. The van der Waals surface area contributed by atoms with Gasteiger partial charge in [-0.15, -0.1) is 21.6 Å². The van der Waals surface area contributed by atoms with E-state index in [0.717, 1.165) is 33.4 Å². The minimum Gasteiger partial charge on any atom is -0.360 e. The molecule has 0 amide bonds. The zero-order chi connectivity index (χ0) is 20.2. The SMILES string of the molecule is c1ccc(N=N/C(=N\c2nc(-c3c[nH]c4ccccc34)cs2)c2ccccc2)cc1. The molecule has 3 aromatic carbocycles. The highest BCUT2D eigenvalue weighted by Crippen LogP contribution is 2.32. The first kappa shape index (κ1) is 18.1. The van der Waals surface area contributed by atoms with Crippen LogP contribution in [0.3, 0.4) is 0 Å². The van der Waals surface area contributed by atoms with E-state index in [9.17, 15) is 0 Å². The molecule has 0 atom stereocenters. The average molecular weight is 408 g/mol. The van der Waals surface area contributed by atoms with Gasteiger partial charge < -0.3 is 4.98 Å². The summed E-state index contributed by atoms with van der Waals surface area (Å²) >= 11 is 1.49. The molecule has 1 N–H and O–H groups in total. The zero-order valence-electron chi connectivity index (χ0n) is 15.9. The summed E-state index contributed by atoms with van der Waals surface area (Å²) in [6, 6.07) is 27.7. The van der Waals surface area contributed by atoms with Crippen LogP contribution in [0.15, 0.2) is 112 Å². The van der Waals surface area contributed by atoms with Crippen LogP contribution < -0.4 is 0 Å². The van der Waals surface area contributed by atoms with Gasteiger partial charge in [0.05, 0.1) is 11.4 Å². The van der Waals surface area contributed by atoms with E-state index < -0.39 is 0 Å². The van der Waals surface area contributed by atoms with Crippen LogP contribution >= 0.6 is 11.3 Å². The van der Waals surface area contributed by atoms with Crippen molar-refractivity contribution in [2.75, 3.05) is 0 Å². The molecule has 2 heterocycles. The summed E-state index contributed by atoms with van der Waals surface area (Å²) in [6.07, 6.45) is 1.99. The molecule has 5 nitrogen and oxygen atoms in total. The first-order valence-electron chi connectivity index (χ1n) is 9.50. The average Bonchev–Trinajstić information content (AvgIpc) is 3.44. The summed E-state index contributed by atoms with van der Waals surface area (Å²) in [6.45, 7) is 0. The summed E-state index contributed by atoms with van der Waals surface area (Å²) in [5, 5.41) is 12.6. The number of aromatic amines is 1. The number of rotatable bonds is 4. The van der Waals surface area contributed by atoms with E-state index in [1.165, 1.54) is 11.3 Å². The van der Waals surface area contributed by atoms with Crippen molar-refractivity contribution >= 4 is 38.9 Å². The Morgan fingerprint density at radius 1 is 0.833 bits per heavy atom. The second kappa shape index (κ2) is 8.23. The second-order valence-electron chi connectivity index (χ2n) is 6.60. The van der Waals surface area contributed by atoms with Gasteiger partial charge in [-0.3, -0.25) is 0 Å². The Kier molecular flexibility index (Phi) is 4.98. The Morgan fingerprint density at radius 2 is 1.57 bits per heavy atom. The minimum atomic E-state index is 0.527. The smallest absolute Gasteiger partial charge is 0.211 e. The lowest BCUT2D eigenvalue weighted by Crippen LogP contribution is -1.95. The molecule has 0 bridgehead atoms. The number of hydrogen-bond donors (Lipinski definition) is 1. The summed E-state index contributed by atoms with van der Waals surface area (Å²) < 4.78 is 0. The largest absolute Gasteiger partial charge is 0.360 e. The monoisotopic (exact) mass is 407 g/mol. The predicted molar refractivity (Wildman–Crippen MR) is 123 cm³/mol. The molecule has 0 unspecified atom stereocenters. The molecule has 0 aliphatic heterocycles. The number of nitrogens with one attached hydrogen (secondary N) is 1. The fourth-order valence-corrected chi connectivity index (χ4v) is 3.83. The molecule has 5 rings (SSSR count). The van der Waals surface area contributed by atoms with Crippen LogP contribution in [-0.4, -0.2) is 15.8 Å². The molecule has 0 spiro atoms. The van der Waals surface area contributed by atoms with Crippen LogP contribution in [-0.2, 0) is 0 Å². The van der Waals surface area contributed by atoms with Gasteiger partial charge in [0.2, 0.25) is 5.13 Å². The Balaban J connectivity index is 1.52. The molecular weight excluding hydrogens is 390 g/mol. The first-order valence-corrected chi connectivity index (χ1v) is 10.4. The van der Waals surface area contributed by atoms with Crippen LogP contribution in [0, 0.1) is 0 Å². The number of amidine groups is 1. The van der Waals surface area contributed by atoms with Gasteiger partial charge in [-0.1, -0.05) is 66.7 Å². The summed E-state index contributed by atoms with van der Waals surface area (Å²) in [4.78, 5) is 12.7. The number of H-pyrrole nitrogens is 1. The van der Waals surface area contributed by atoms with Gasteiger partial charge in [-0.05, 0) is 18.2 Å². The molecule has 144 valence electrons. The third-order valence-corrected chi connectivity index (χ3v) is 5.34. The minimum absolute atomic E-state index is 0.527. The number of aliphatic imine (C=N–C) groups is 1. The van der Waals surface area contributed by atoms with Crippen molar-refractivity contribution in [3.8, 4) is 11.3 Å². The van der Waals surface area contributed by atoms with Gasteiger partial charge >= 0.3 is 0 Å². The second-order valence-corrected chi connectivity index (χ2v) is 7.44. The molecule has 0 aliphatic carbocycles. The number of hydrogen-bond acceptors (Lipinski definition) is 4. The van der Waals surface area contributed by atoms with Gasteiger partial charge in [0.15, 0.2) is 5.84 Å². The van der Waals surface area contributed by atoms with Crippen LogP contribution in [0.4, 0.5) is 10.8 Å². The number of para-hydroxylation sites is 1. The van der Waals surface area contributed by atoms with E-state index in [-0.39, 0.29) is 0 Å². The topological polar surface area (TPSA) is 65.8 Å². The maximum atomic E-state index is 4.73. The molecule has 2 aromatic heterocycles. The molecule has 0 saturated carbocycles. The highest BCUT2D eigenvalue weighted by molar-refractivity contribution is 7.13. The fourth-order valence-electron chi connectivity index (χ4n) is 3.14. The van der Waals surface area contributed by atoms with Crippen molar-refractivity contribution in [3.05, 3.63) is 102 Å². The van der Waals surface area contributed by atoms with E-state index in [1.54, 1.807) is 0 Å². The van der Waals surface area contributed by atoms with Crippen molar-refractivity contribution in [1.29, 1.82) is 0 Å². The maximum absolute atomic E-state index is 4.73. The molecule has 6 heteroatoms. The van der Waals surface area contributed by atoms with E-state index in [0.29, 0.717) is 11.0 Å². The standard InChI is InChI=1S/C24H17N5S/c1-3-9-17(10-4-1)23(29-28-18-11-5-2-6-12-18)27-24-26-22(16-30-24)20-15-25-21-14-8-7-13-19(20)21/h1-16,25H/b27-23-,29-28?. The Bertz CT molecular complexity index is 1330. The third kappa shape index (κ3) is 3.81. The molecular formula is C24H17N5S. The van der Waals surface area contributed by atoms with Gasteiger partial charge in [0.25, 0.3) is 0 Å². The molecule has 30 heavy (non-hydrogen) atoms. The highest BCUT2D eigenvalue weighted by Gasteiger charge is 2.11. The van der Waals surface area contributed by atoms with Crippen molar-refractivity contribution in [2.24, 2.45) is 15.2 Å². The number of aromatic nitrogens is 2. The van der Waals surface area contributed by atoms with Crippen molar-refractivity contribution in [2.45, 2.75) is 0 Å². The lowest BCUT2D eigenvalue weighted by atomic mass is 10.1. The molecule has 0 aliphatic rings. The maximum Gasteiger partial charge on any atom is 0.211 e. The molecule has 0 radical (unpaired) electrons. The van der Waals surface area contributed by atoms with Crippen LogP contribution in [0.1, 0.15) is 5.56 Å². The van der Waals surface area contributed by atoms with Gasteiger partial charge in [-0.25, -0.2) is 4.98 Å². The van der Waals surface area contributed by atoms with E-state index in [4.69, 9.17) is 9.98 Å². The van der Waals surface area contributed by atoms with Crippen molar-refractivity contribution in [3.63, 3.8) is 0 Å². The normalized spacial score (nSPS) is 12.1. The lowest BCUT2D eigenvalue weighted by molar-refractivity contribution is 1.25. The van der Waals surface area contributed by atoms with E-state index in [2.05, 4.69) is 27.3 Å². The number of azo groups is 1. The number of nitrogens with zero attached hydrogens (tertiary/aromatic N) is 4. The number of benzene rings is 3. The van der Waals surface area contributed by atoms with E-state index in [1.807, 2.05) is 84.4 Å². The Morgan fingerprint density at radius 3 is 2.40 bits per heavy atom. The van der Waals surface area contributed by atoms with Crippen LogP contribution in [0.5, 0.6) is 0 Å². The summed E-state index contributed by atoms with van der Waals surface area (Å²) in [5.41, 5.74) is 4.71. The zero-order valence-corrected chi connectivity index (χ0v) is 16.8. The highest BCUT2D eigenvalue weighted by atomic mass is 32.1. The van der Waals surface area contributed by atoms with Gasteiger partial charge in [-0.2, -0.15) is 4.99 Å². The summed E-state index contributed by atoms with van der Waals surface area (Å²) in [7, 11) is 0. The van der Waals surface area contributed by atoms with Crippen molar-refractivity contribution in [1.82, 2.24) is 9.97 Å².